The highest BCUT2D eigenvalue weighted by Gasteiger charge is 2.24. The van der Waals surface area contributed by atoms with E-state index in [9.17, 15) is 0 Å². The molecular weight excluding hydrogens is 324 g/mol. The Balaban J connectivity index is 1.57. The summed E-state index contributed by atoms with van der Waals surface area (Å²) in [6, 6.07) is 2.55. The van der Waals surface area contributed by atoms with Gasteiger partial charge in [-0.2, -0.15) is 0 Å². The molecule has 1 saturated carbocycles. The summed E-state index contributed by atoms with van der Waals surface area (Å²) < 4.78 is 5.29. The molecule has 3 rings (SSSR count). The second-order valence-corrected chi connectivity index (χ2v) is 9.12. The van der Waals surface area contributed by atoms with Gasteiger partial charge in [0.2, 0.25) is 0 Å². The SMILES string of the molecule is COCc1cc(NC2CCN(CC3CCCC3)CC2)nc(C(C)(C)C)n1. The van der Waals surface area contributed by atoms with Gasteiger partial charge in [0.1, 0.15) is 11.6 Å². The molecular formula is C21H36N4O. The topological polar surface area (TPSA) is 50.3 Å². The molecule has 5 heteroatoms. The summed E-state index contributed by atoms with van der Waals surface area (Å²) in [7, 11) is 1.71. The van der Waals surface area contributed by atoms with Crippen LogP contribution in [-0.4, -0.2) is 47.7 Å². The molecule has 5 nitrogen and oxygen atoms in total. The fourth-order valence-corrected chi connectivity index (χ4v) is 4.16. The van der Waals surface area contributed by atoms with Crippen molar-refractivity contribution in [1.29, 1.82) is 0 Å². The molecule has 0 unspecified atom stereocenters. The quantitative estimate of drug-likeness (QED) is 0.831. The molecule has 0 aromatic carbocycles. The van der Waals surface area contributed by atoms with Crippen LogP contribution >= 0.6 is 0 Å². The molecule has 1 aromatic rings. The summed E-state index contributed by atoms with van der Waals surface area (Å²) >= 11 is 0. The zero-order chi connectivity index (χ0) is 18.6. The van der Waals surface area contributed by atoms with Crippen molar-refractivity contribution in [2.24, 2.45) is 5.92 Å². The number of aromatic nitrogens is 2. The number of piperidine rings is 1. The number of hydrogen-bond acceptors (Lipinski definition) is 5. The Morgan fingerprint density at radius 1 is 1.12 bits per heavy atom. The van der Waals surface area contributed by atoms with E-state index in [0.717, 1.165) is 23.3 Å². The van der Waals surface area contributed by atoms with Crippen LogP contribution in [0.15, 0.2) is 6.07 Å². The third kappa shape index (κ3) is 5.40. The van der Waals surface area contributed by atoms with Crippen molar-refractivity contribution in [3.63, 3.8) is 0 Å². The minimum Gasteiger partial charge on any atom is -0.378 e. The average Bonchev–Trinajstić information content (AvgIpc) is 3.09. The molecule has 1 saturated heterocycles. The third-order valence-electron chi connectivity index (χ3n) is 5.67. The van der Waals surface area contributed by atoms with Crippen LogP contribution in [0.5, 0.6) is 0 Å². The van der Waals surface area contributed by atoms with Gasteiger partial charge in [-0.15, -0.1) is 0 Å². The Bertz CT molecular complexity index is 570. The number of likely N-dealkylation sites (tertiary alicyclic amines) is 1. The molecule has 2 heterocycles. The standard InChI is InChI=1S/C21H36N4O/c1-21(2,3)20-23-18(15-26-4)13-19(24-20)22-17-9-11-25(12-10-17)14-16-7-5-6-8-16/h13,16-17H,5-12,14-15H2,1-4H3,(H,22,23,24). The van der Waals surface area contributed by atoms with Crippen molar-refractivity contribution in [2.75, 3.05) is 32.1 Å². The van der Waals surface area contributed by atoms with Gasteiger partial charge in [0.25, 0.3) is 0 Å². The zero-order valence-electron chi connectivity index (χ0n) is 17.1. The van der Waals surface area contributed by atoms with Gasteiger partial charge in [-0.25, -0.2) is 9.97 Å². The van der Waals surface area contributed by atoms with Gasteiger partial charge in [-0.05, 0) is 31.6 Å². The zero-order valence-corrected chi connectivity index (χ0v) is 17.1. The maximum absolute atomic E-state index is 5.29. The molecule has 1 aliphatic heterocycles. The lowest BCUT2D eigenvalue weighted by molar-refractivity contribution is 0.180. The highest BCUT2D eigenvalue weighted by atomic mass is 16.5. The lowest BCUT2D eigenvalue weighted by Crippen LogP contribution is -2.41. The van der Waals surface area contributed by atoms with E-state index in [1.54, 1.807) is 7.11 Å². The van der Waals surface area contributed by atoms with E-state index in [4.69, 9.17) is 9.72 Å². The lowest BCUT2D eigenvalue weighted by Gasteiger charge is -2.34. The Labute approximate surface area is 158 Å². The number of nitrogens with one attached hydrogen (secondary N) is 1. The fourth-order valence-electron chi connectivity index (χ4n) is 4.16. The van der Waals surface area contributed by atoms with Crippen molar-refractivity contribution in [1.82, 2.24) is 14.9 Å². The number of nitrogens with zero attached hydrogens (tertiary/aromatic N) is 3. The van der Waals surface area contributed by atoms with Crippen LogP contribution in [0.4, 0.5) is 5.82 Å². The fraction of sp³-hybridized carbons (Fsp3) is 0.810. The Morgan fingerprint density at radius 3 is 2.42 bits per heavy atom. The van der Waals surface area contributed by atoms with E-state index in [1.807, 2.05) is 6.07 Å². The van der Waals surface area contributed by atoms with Crippen molar-refractivity contribution in [3.05, 3.63) is 17.6 Å². The van der Waals surface area contributed by atoms with E-state index in [-0.39, 0.29) is 5.41 Å². The Kier molecular flexibility index (Phi) is 6.51. The van der Waals surface area contributed by atoms with E-state index in [2.05, 4.69) is 36.0 Å². The van der Waals surface area contributed by atoms with Gasteiger partial charge in [-0.3, -0.25) is 0 Å². The summed E-state index contributed by atoms with van der Waals surface area (Å²) in [5.74, 6) is 2.78. The second kappa shape index (κ2) is 8.66. The van der Waals surface area contributed by atoms with Gasteiger partial charge in [0, 0.05) is 44.3 Å². The number of anilines is 1. The highest BCUT2D eigenvalue weighted by Crippen LogP contribution is 2.27. The Hall–Kier alpha value is -1.20. The molecule has 0 spiro atoms. The van der Waals surface area contributed by atoms with Crippen LogP contribution in [0.3, 0.4) is 0 Å². The van der Waals surface area contributed by atoms with Crippen LogP contribution in [0.25, 0.3) is 0 Å². The van der Waals surface area contributed by atoms with Crippen LogP contribution in [0.1, 0.15) is 70.8 Å². The van der Waals surface area contributed by atoms with Gasteiger partial charge in [-0.1, -0.05) is 33.6 Å². The third-order valence-corrected chi connectivity index (χ3v) is 5.67. The molecule has 1 aromatic heterocycles. The first-order valence-electron chi connectivity index (χ1n) is 10.3. The summed E-state index contributed by atoms with van der Waals surface area (Å²) in [4.78, 5) is 12.1. The molecule has 0 radical (unpaired) electrons. The summed E-state index contributed by atoms with van der Waals surface area (Å²) in [6.07, 6.45) is 8.16. The molecule has 0 amide bonds. The van der Waals surface area contributed by atoms with Gasteiger partial charge >= 0.3 is 0 Å². The molecule has 0 atom stereocenters. The minimum absolute atomic E-state index is 0.0647. The van der Waals surface area contributed by atoms with Crippen LogP contribution in [0, 0.1) is 5.92 Å². The number of hydrogen-bond donors (Lipinski definition) is 1. The van der Waals surface area contributed by atoms with Gasteiger partial charge < -0.3 is 15.0 Å². The molecule has 1 N–H and O–H groups in total. The largest absolute Gasteiger partial charge is 0.378 e. The predicted octanol–water partition coefficient (Wildman–Crippen LogP) is 3.99. The van der Waals surface area contributed by atoms with Crippen LogP contribution in [-0.2, 0) is 16.8 Å². The number of rotatable bonds is 6. The van der Waals surface area contributed by atoms with E-state index in [1.165, 1.54) is 58.2 Å². The van der Waals surface area contributed by atoms with Crippen LogP contribution in [0.2, 0.25) is 0 Å². The predicted molar refractivity (Wildman–Crippen MR) is 106 cm³/mol. The molecule has 2 fully saturated rings. The monoisotopic (exact) mass is 360 g/mol. The number of ether oxygens (including phenoxy) is 1. The van der Waals surface area contributed by atoms with Gasteiger partial charge in [0.05, 0.1) is 12.3 Å². The van der Waals surface area contributed by atoms with Crippen molar-refractivity contribution in [3.8, 4) is 0 Å². The normalized spacial score (nSPS) is 20.6. The second-order valence-electron chi connectivity index (χ2n) is 9.12. The minimum atomic E-state index is -0.0647. The Morgan fingerprint density at radius 2 is 1.81 bits per heavy atom. The average molecular weight is 361 g/mol. The molecule has 1 aliphatic carbocycles. The van der Waals surface area contributed by atoms with E-state index >= 15 is 0 Å². The first kappa shape index (κ1) is 19.6. The molecule has 26 heavy (non-hydrogen) atoms. The first-order chi connectivity index (χ1) is 12.4. The molecule has 2 aliphatic rings. The summed E-state index contributed by atoms with van der Waals surface area (Å²) in [5.41, 5.74) is 0.888. The van der Waals surface area contributed by atoms with E-state index in [0.29, 0.717) is 12.6 Å². The maximum atomic E-state index is 5.29. The number of methoxy groups -OCH3 is 1. The van der Waals surface area contributed by atoms with Crippen molar-refractivity contribution < 1.29 is 4.74 Å². The van der Waals surface area contributed by atoms with E-state index < -0.39 is 0 Å². The smallest absolute Gasteiger partial charge is 0.136 e. The lowest BCUT2D eigenvalue weighted by atomic mass is 9.95. The first-order valence-corrected chi connectivity index (χ1v) is 10.3. The maximum Gasteiger partial charge on any atom is 0.136 e. The molecule has 146 valence electrons. The summed E-state index contributed by atoms with van der Waals surface area (Å²) in [6.45, 7) is 10.7. The molecule has 0 bridgehead atoms. The van der Waals surface area contributed by atoms with Crippen LogP contribution < -0.4 is 5.32 Å². The van der Waals surface area contributed by atoms with Crippen molar-refractivity contribution >= 4 is 5.82 Å². The van der Waals surface area contributed by atoms with Gasteiger partial charge in [0.15, 0.2) is 0 Å². The highest BCUT2D eigenvalue weighted by molar-refractivity contribution is 5.38. The van der Waals surface area contributed by atoms with Crippen molar-refractivity contribution in [2.45, 2.75) is 77.4 Å². The summed E-state index contributed by atoms with van der Waals surface area (Å²) in [5, 5.41) is 3.67.